The monoisotopic (exact) mass is 341 g/mol. The SMILES string of the molecule is Cc1nc(CN2CCC(C(CC(=O)O)c3ccccc3)CC2)[nH]c1C. The van der Waals surface area contributed by atoms with Crippen molar-refractivity contribution in [1.82, 2.24) is 14.9 Å². The molecule has 2 aromatic rings. The van der Waals surface area contributed by atoms with Gasteiger partial charge in [-0.2, -0.15) is 0 Å². The number of aryl methyl sites for hydroxylation is 2. The summed E-state index contributed by atoms with van der Waals surface area (Å²) in [5, 5.41) is 9.33. The fourth-order valence-electron chi connectivity index (χ4n) is 3.87. The lowest BCUT2D eigenvalue weighted by molar-refractivity contribution is -0.137. The smallest absolute Gasteiger partial charge is 0.303 e. The van der Waals surface area contributed by atoms with Crippen molar-refractivity contribution < 1.29 is 9.90 Å². The van der Waals surface area contributed by atoms with Crippen molar-refractivity contribution in [3.63, 3.8) is 0 Å². The number of benzene rings is 1. The molecule has 1 fully saturated rings. The second-order valence-electron chi connectivity index (χ2n) is 7.12. The number of carboxylic acid groups (broad SMARTS) is 1. The van der Waals surface area contributed by atoms with Crippen LogP contribution in [-0.4, -0.2) is 39.0 Å². The number of hydrogen-bond donors (Lipinski definition) is 2. The Labute approximate surface area is 149 Å². The molecule has 0 bridgehead atoms. The predicted octanol–water partition coefficient (Wildman–Crippen LogP) is 3.50. The number of rotatable bonds is 6. The molecule has 1 aliphatic heterocycles. The molecule has 2 heterocycles. The topological polar surface area (TPSA) is 69.2 Å². The van der Waals surface area contributed by atoms with Crippen molar-refractivity contribution >= 4 is 5.97 Å². The second kappa shape index (κ2) is 7.83. The number of aliphatic carboxylic acids is 1. The van der Waals surface area contributed by atoms with Crippen molar-refractivity contribution in [1.29, 1.82) is 0 Å². The van der Waals surface area contributed by atoms with E-state index in [-0.39, 0.29) is 12.3 Å². The van der Waals surface area contributed by atoms with E-state index < -0.39 is 5.97 Å². The number of nitrogens with one attached hydrogen (secondary N) is 1. The van der Waals surface area contributed by atoms with Crippen LogP contribution in [0.4, 0.5) is 0 Å². The molecule has 0 aliphatic carbocycles. The average molecular weight is 341 g/mol. The Hall–Kier alpha value is -2.14. The van der Waals surface area contributed by atoms with Gasteiger partial charge in [-0.05, 0) is 57.2 Å². The summed E-state index contributed by atoms with van der Waals surface area (Å²) in [6, 6.07) is 10.1. The van der Waals surface area contributed by atoms with E-state index in [4.69, 9.17) is 0 Å². The molecule has 1 unspecified atom stereocenters. The highest BCUT2D eigenvalue weighted by Gasteiger charge is 2.29. The van der Waals surface area contributed by atoms with Gasteiger partial charge < -0.3 is 10.1 Å². The molecule has 0 saturated carbocycles. The minimum atomic E-state index is -0.710. The molecule has 5 nitrogen and oxygen atoms in total. The fourth-order valence-corrected chi connectivity index (χ4v) is 3.87. The minimum Gasteiger partial charge on any atom is -0.481 e. The highest BCUT2D eigenvalue weighted by Crippen LogP contribution is 2.35. The molecule has 1 aromatic carbocycles. The summed E-state index contributed by atoms with van der Waals surface area (Å²) in [6.07, 6.45) is 2.28. The summed E-state index contributed by atoms with van der Waals surface area (Å²) in [5.41, 5.74) is 3.35. The van der Waals surface area contributed by atoms with Gasteiger partial charge in [-0.15, -0.1) is 0 Å². The molecular weight excluding hydrogens is 314 g/mol. The Morgan fingerprint density at radius 2 is 1.96 bits per heavy atom. The van der Waals surface area contributed by atoms with Gasteiger partial charge in [0.15, 0.2) is 0 Å². The third-order valence-electron chi connectivity index (χ3n) is 5.37. The van der Waals surface area contributed by atoms with Gasteiger partial charge >= 0.3 is 5.97 Å². The molecule has 25 heavy (non-hydrogen) atoms. The normalized spacial score (nSPS) is 17.5. The van der Waals surface area contributed by atoms with E-state index in [0.29, 0.717) is 5.92 Å². The van der Waals surface area contributed by atoms with Crippen molar-refractivity contribution in [2.45, 2.75) is 45.6 Å². The molecular formula is C20H27N3O2. The van der Waals surface area contributed by atoms with E-state index >= 15 is 0 Å². The summed E-state index contributed by atoms with van der Waals surface area (Å²) in [7, 11) is 0. The lowest BCUT2D eigenvalue weighted by Crippen LogP contribution is -2.36. The van der Waals surface area contributed by atoms with Crippen LogP contribution in [0.1, 0.15) is 48.0 Å². The predicted molar refractivity (Wildman–Crippen MR) is 97.5 cm³/mol. The molecule has 134 valence electrons. The summed E-state index contributed by atoms with van der Waals surface area (Å²) in [4.78, 5) is 21.7. The highest BCUT2D eigenvalue weighted by atomic mass is 16.4. The van der Waals surface area contributed by atoms with E-state index in [9.17, 15) is 9.90 Å². The van der Waals surface area contributed by atoms with Gasteiger partial charge in [0.2, 0.25) is 0 Å². The van der Waals surface area contributed by atoms with Gasteiger partial charge in [0, 0.05) is 5.69 Å². The van der Waals surface area contributed by atoms with Crippen LogP contribution in [0.15, 0.2) is 30.3 Å². The van der Waals surface area contributed by atoms with Crippen LogP contribution in [0, 0.1) is 19.8 Å². The standard InChI is InChI=1S/C20H27N3O2/c1-14-15(2)22-19(21-14)13-23-10-8-17(9-11-23)18(12-20(24)25)16-6-4-3-5-7-16/h3-7,17-18H,8-13H2,1-2H3,(H,21,22)(H,24,25). The quantitative estimate of drug-likeness (QED) is 0.844. The van der Waals surface area contributed by atoms with E-state index in [1.807, 2.05) is 25.1 Å². The Balaban J connectivity index is 1.62. The number of piperidine rings is 1. The molecule has 1 atom stereocenters. The Kier molecular flexibility index (Phi) is 5.53. The Morgan fingerprint density at radius 3 is 2.52 bits per heavy atom. The number of hydrogen-bond acceptors (Lipinski definition) is 3. The first-order valence-corrected chi connectivity index (χ1v) is 9.04. The average Bonchev–Trinajstić information content (AvgIpc) is 2.92. The molecule has 5 heteroatoms. The minimum absolute atomic E-state index is 0.106. The molecule has 3 rings (SSSR count). The third-order valence-corrected chi connectivity index (χ3v) is 5.37. The van der Waals surface area contributed by atoms with Crippen LogP contribution >= 0.6 is 0 Å². The Bertz CT molecular complexity index is 683. The lowest BCUT2D eigenvalue weighted by Gasteiger charge is -2.35. The molecule has 0 spiro atoms. The molecule has 1 saturated heterocycles. The number of likely N-dealkylation sites (tertiary alicyclic amines) is 1. The lowest BCUT2D eigenvalue weighted by atomic mass is 9.78. The number of carboxylic acids is 1. The van der Waals surface area contributed by atoms with Crippen LogP contribution in [0.2, 0.25) is 0 Å². The van der Waals surface area contributed by atoms with Crippen LogP contribution in [0.3, 0.4) is 0 Å². The van der Waals surface area contributed by atoms with E-state index in [1.165, 1.54) is 0 Å². The van der Waals surface area contributed by atoms with Gasteiger partial charge in [-0.1, -0.05) is 30.3 Å². The number of carbonyl (C=O) groups is 1. The maximum absolute atomic E-state index is 11.3. The first kappa shape index (κ1) is 17.7. The van der Waals surface area contributed by atoms with E-state index in [2.05, 4.69) is 33.9 Å². The number of aromatic amines is 1. The van der Waals surface area contributed by atoms with Crippen molar-refractivity contribution in [3.05, 3.63) is 53.1 Å². The first-order chi connectivity index (χ1) is 12.0. The molecule has 1 aromatic heterocycles. The van der Waals surface area contributed by atoms with Gasteiger partial charge in [-0.3, -0.25) is 9.69 Å². The van der Waals surface area contributed by atoms with Crippen LogP contribution < -0.4 is 0 Å². The number of H-pyrrole nitrogens is 1. The van der Waals surface area contributed by atoms with Crippen LogP contribution in [-0.2, 0) is 11.3 Å². The third kappa shape index (κ3) is 4.48. The zero-order chi connectivity index (χ0) is 17.8. The first-order valence-electron chi connectivity index (χ1n) is 9.04. The fraction of sp³-hybridized carbons (Fsp3) is 0.500. The zero-order valence-corrected chi connectivity index (χ0v) is 15.0. The highest BCUT2D eigenvalue weighted by molar-refractivity contribution is 5.68. The zero-order valence-electron chi connectivity index (χ0n) is 15.0. The van der Waals surface area contributed by atoms with Crippen molar-refractivity contribution in [2.24, 2.45) is 5.92 Å². The molecule has 0 amide bonds. The summed E-state index contributed by atoms with van der Waals surface area (Å²) >= 11 is 0. The van der Waals surface area contributed by atoms with Crippen LogP contribution in [0.5, 0.6) is 0 Å². The summed E-state index contributed by atoms with van der Waals surface area (Å²) in [5.74, 6) is 0.847. The van der Waals surface area contributed by atoms with Gasteiger partial charge in [-0.25, -0.2) is 4.98 Å². The van der Waals surface area contributed by atoms with Gasteiger partial charge in [0.1, 0.15) is 5.82 Å². The molecule has 2 N–H and O–H groups in total. The maximum Gasteiger partial charge on any atom is 0.303 e. The van der Waals surface area contributed by atoms with Crippen LogP contribution in [0.25, 0.3) is 0 Å². The van der Waals surface area contributed by atoms with E-state index in [1.54, 1.807) is 0 Å². The second-order valence-corrected chi connectivity index (χ2v) is 7.12. The molecule has 1 aliphatic rings. The molecule has 0 radical (unpaired) electrons. The van der Waals surface area contributed by atoms with E-state index in [0.717, 1.165) is 55.3 Å². The van der Waals surface area contributed by atoms with Crippen molar-refractivity contribution in [2.75, 3.05) is 13.1 Å². The maximum atomic E-state index is 11.3. The Morgan fingerprint density at radius 1 is 1.28 bits per heavy atom. The number of aromatic nitrogens is 2. The number of nitrogens with zero attached hydrogens (tertiary/aromatic N) is 2. The van der Waals surface area contributed by atoms with Gasteiger partial charge in [0.05, 0.1) is 18.7 Å². The van der Waals surface area contributed by atoms with Gasteiger partial charge in [0.25, 0.3) is 0 Å². The summed E-state index contributed by atoms with van der Waals surface area (Å²) < 4.78 is 0. The number of imidazole rings is 1. The largest absolute Gasteiger partial charge is 0.481 e. The summed E-state index contributed by atoms with van der Waals surface area (Å²) in [6.45, 7) is 6.90. The van der Waals surface area contributed by atoms with Crippen molar-refractivity contribution in [3.8, 4) is 0 Å².